The molecule has 0 aliphatic carbocycles. The normalized spacial score (nSPS) is 13.2. The Morgan fingerprint density at radius 1 is 0.643 bits per heavy atom. The largest absolute Gasteiger partial charge is 0.507 e. The first-order chi connectivity index (χ1) is 19.5. The number of phenols is 2. The van der Waals surface area contributed by atoms with Gasteiger partial charge in [-0.15, -0.1) is 0 Å². The first-order valence-electron chi connectivity index (χ1n) is 15.7. The predicted octanol–water partition coefficient (Wildman–Crippen LogP) is 7.69. The van der Waals surface area contributed by atoms with Crippen molar-refractivity contribution in [2.24, 2.45) is 9.98 Å². The minimum absolute atomic E-state index is 0.0430. The van der Waals surface area contributed by atoms with Crippen LogP contribution in [0.25, 0.3) is 0 Å². The SMILES string of the molecule is CCN=Cc1cc(C(C)(C)C)cc(CN(CCN(Cc2cc(C(C)(C)C)cc(C=NCC)c2O)C(C)C)C(C)C)c1O. The molecule has 0 heterocycles. The van der Waals surface area contributed by atoms with Crippen LogP contribution in [-0.2, 0) is 23.9 Å². The smallest absolute Gasteiger partial charge is 0.128 e. The fraction of sp³-hybridized carbons (Fsp3) is 0.611. The van der Waals surface area contributed by atoms with Crippen LogP contribution in [0.5, 0.6) is 11.5 Å². The van der Waals surface area contributed by atoms with E-state index < -0.39 is 0 Å². The van der Waals surface area contributed by atoms with E-state index in [0.717, 1.165) is 35.3 Å². The minimum atomic E-state index is -0.0430. The van der Waals surface area contributed by atoms with Crippen molar-refractivity contribution < 1.29 is 10.2 Å². The van der Waals surface area contributed by atoms with Gasteiger partial charge in [0.1, 0.15) is 11.5 Å². The summed E-state index contributed by atoms with van der Waals surface area (Å²) in [7, 11) is 0. The molecule has 6 heteroatoms. The van der Waals surface area contributed by atoms with Gasteiger partial charge in [-0.25, -0.2) is 0 Å². The summed E-state index contributed by atoms with van der Waals surface area (Å²) in [5.41, 5.74) is 5.72. The van der Waals surface area contributed by atoms with Gasteiger partial charge < -0.3 is 10.2 Å². The molecular formula is C36H58N4O2. The minimum Gasteiger partial charge on any atom is -0.507 e. The maximum Gasteiger partial charge on any atom is 0.128 e. The number of aliphatic imine (C=N–C) groups is 2. The van der Waals surface area contributed by atoms with Crippen molar-refractivity contribution in [3.63, 3.8) is 0 Å². The van der Waals surface area contributed by atoms with E-state index in [4.69, 9.17) is 0 Å². The summed E-state index contributed by atoms with van der Waals surface area (Å²) in [5, 5.41) is 22.5. The van der Waals surface area contributed by atoms with Crippen LogP contribution in [0.15, 0.2) is 34.3 Å². The summed E-state index contributed by atoms with van der Waals surface area (Å²) >= 11 is 0. The number of rotatable bonds is 13. The summed E-state index contributed by atoms with van der Waals surface area (Å²) in [5.74, 6) is 0.633. The van der Waals surface area contributed by atoms with E-state index in [0.29, 0.717) is 49.8 Å². The number of phenolic OH excluding ortho intramolecular Hbond substituents is 2. The Morgan fingerprint density at radius 2 is 0.976 bits per heavy atom. The molecule has 42 heavy (non-hydrogen) atoms. The van der Waals surface area contributed by atoms with E-state index in [9.17, 15) is 10.2 Å². The van der Waals surface area contributed by atoms with Crippen LogP contribution in [0.3, 0.4) is 0 Å². The number of hydrogen-bond acceptors (Lipinski definition) is 6. The van der Waals surface area contributed by atoms with Gasteiger partial charge in [-0.2, -0.15) is 0 Å². The second-order valence-electron chi connectivity index (χ2n) is 14.0. The Hall–Kier alpha value is -2.70. The summed E-state index contributed by atoms with van der Waals surface area (Å²) in [4.78, 5) is 13.7. The molecule has 0 aliphatic rings. The molecule has 0 aliphatic heterocycles. The molecule has 0 unspecified atom stereocenters. The van der Waals surface area contributed by atoms with Crippen LogP contribution < -0.4 is 0 Å². The van der Waals surface area contributed by atoms with Crippen molar-refractivity contribution in [2.75, 3.05) is 26.2 Å². The summed E-state index contributed by atoms with van der Waals surface area (Å²) < 4.78 is 0. The summed E-state index contributed by atoms with van der Waals surface area (Å²) in [6.07, 6.45) is 3.60. The Balaban J connectivity index is 2.39. The maximum absolute atomic E-state index is 11.2. The van der Waals surface area contributed by atoms with Gasteiger partial charge in [0, 0.05) is 86.0 Å². The molecule has 2 aromatic carbocycles. The second-order valence-corrected chi connectivity index (χ2v) is 14.0. The molecule has 0 spiro atoms. The van der Waals surface area contributed by atoms with Gasteiger partial charge in [0.15, 0.2) is 0 Å². The van der Waals surface area contributed by atoms with E-state index in [1.165, 1.54) is 11.1 Å². The van der Waals surface area contributed by atoms with Crippen LogP contribution in [0.2, 0.25) is 0 Å². The van der Waals surface area contributed by atoms with Gasteiger partial charge in [0.05, 0.1) is 0 Å². The van der Waals surface area contributed by atoms with Crippen molar-refractivity contribution in [3.8, 4) is 11.5 Å². The first kappa shape index (κ1) is 35.5. The Kier molecular flexibility index (Phi) is 12.8. The van der Waals surface area contributed by atoms with Gasteiger partial charge >= 0.3 is 0 Å². The van der Waals surface area contributed by atoms with Crippen molar-refractivity contribution in [2.45, 2.75) is 119 Å². The molecule has 6 nitrogen and oxygen atoms in total. The van der Waals surface area contributed by atoms with Gasteiger partial charge in [-0.05, 0) is 75.6 Å². The quantitative estimate of drug-likeness (QED) is 0.239. The maximum atomic E-state index is 11.2. The lowest BCUT2D eigenvalue weighted by atomic mass is 9.84. The van der Waals surface area contributed by atoms with Crippen LogP contribution in [0, 0.1) is 0 Å². The van der Waals surface area contributed by atoms with Crippen LogP contribution in [-0.4, -0.2) is 70.7 Å². The average molecular weight is 579 g/mol. The van der Waals surface area contributed by atoms with Crippen molar-refractivity contribution in [1.82, 2.24) is 9.80 Å². The number of aromatic hydroxyl groups is 2. The highest BCUT2D eigenvalue weighted by Crippen LogP contribution is 2.33. The van der Waals surface area contributed by atoms with Crippen molar-refractivity contribution in [1.29, 1.82) is 0 Å². The Bertz CT molecular complexity index is 1120. The molecule has 0 aromatic heterocycles. The fourth-order valence-electron chi connectivity index (χ4n) is 4.86. The molecule has 0 fully saturated rings. The monoisotopic (exact) mass is 578 g/mol. The first-order valence-corrected chi connectivity index (χ1v) is 15.7. The molecule has 0 saturated carbocycles. The highest BCUT2D eigenvalue weighted by Gasteiger charge is 2.23. The van der Waals surface area contributed by atoms with E-state index in [-0.39, 0.29) is 10.8 Å². The number of hydrogen-bond donors (Lipinski definition) is 2. The summed E-state index contributed by atoms with van der Waals surface area (Å²) in [6, 6.07) is 9.02. The molecule has 2 rings (SSSR count). The highest BCUT2D eigenvalue weighted by molar-refractivity contribution is 5.85. The third-order valence-electron chi connectivity index (χ3n) is 7.88. The molecule has 0 bridgehead atoms. The molecule has 0 amide bonds. The number of nitrogens with zero attached hydrogens (tertiary/aromatic N) is 4. The zero-order valence-electron chi connectivity index (χ0n) is 28.5. The van der Waals surface area contributed by atoms with E-state index >= 15 is 0 Å². The van der Waals surface area contributed by atoms with Crippen molar-refractivity contribution in [3.05, 3.63) is 57.6 Å². The molecule has 2 N–H and O–H groups in total. The predicted molar refractivity (Wildman–Crippen MR) is 181 cm³/mol. The van der Waals surface area contributed by atoms with Crippen LogP contribution >= 0.6 is 0 Å². The summed E-state index contributed by atoms with van der Waals surface area (Å²) in [6.45, 7) is 30.4. The molecule has 0 atom stereocenters. The van der Waals surface area contributed by atoms with Crippen LogP contribution in [0.4, 0.5) is 0 Å². The lowest BCUT2D eigenvalue weighted by Gasteiger charge is -2.33. The van der Waals surface area contributed by atoms with Crippen LogP contribution in [0.1, 0.15) is 116 Å². The van der Waals surface area contributed by atoms with Gasteiger partial charge in [0.2, 0.25) is 0 Å². The molecule has 0 saturated heterocycles. The zero-order chi connectivity index (χ0) is 31.8. The molecular weight excluding hydrogens is 520 g/mol. The van der Waals surface area contributed by atoms with E-state index in [1.54, 1.807) is 12.4 Å². The zero-order valence-corrected chi connectivity index (χ0v) is 28.5. The van der Waals surface area contributed by atoms with Crippen molar-refractivity contribution >= 4 is 12.4 Å². The third kappa shape index (κ3) is 9.95. The molecule has 2 aromatic rings. The molecule has 0 radical (unpaired) electrons. The lowest BCUT2D eigenvalue weighted by molar-refractivity contribution is 0.143. The average Bonchev–Trinajstić information content (AvgIpc) is 2.88. The fourth-order valence-corrected chi connectivity index (χ4v) is 4.86. The highest BCUT2D eigenvalue weighted by atomic mass is 16.3. The standard InChI is InChI=1S/C36H58N4O2/c1-13-37-21-27-17-31(35(7,8)9)19-29(33(27)41)23-39(25(3)4)15-16-40(26(5)6)24-30-20-32(36(10,11)12)18-28(34(30)42)22-38-14-2/h17-22,25-26,41-42H,13-16,23-24H2,1-12H3. The van der Waals surface area contributed by atoms with E-state index in [1.807, 2.05) is 13.8 Å². The Labute approximate surface area is 256 Å². The van der Waals surface area contributed by atoms with Gasteiger partial charge in [-0.1, -0.05) is 53.7 Å². The second kappa shape index (κ2) is 15.2. The topological polar surface area (TPSA) is 71.7 Å². The lowest BCUT2D eigenvalue weighted by Crippen LogP contribution is -2.40. The number of benzene rings is 2. The van der Waals surface area contributed by atoms with Gasteiger partial charge in [0.25, 0.3) is 0 Å². The molecule has 234 valence electrons. The van der Waals surface area contributed by atoms with E-state index in [2.05, 4.69) is 113 Å². The third-order valence-corrected chi connectivity index (χ3v) is 7.88. The Morgan fingerprint density at radius 3 is 1.24 bits per heavy atom. The van der Waals surface area contributed by atoms with Gasteiger partial charge in [-0.3, -0.25) is 19.8 Å².